The van der Waals surface area contributed by atoms with Crippen LogP contribution in [-0.4, -0.2) is 16.5 Å². The molecule has 0 unspecified atom stereocenters. The first kappa shape index (κ1) is 11.4. The Morgan fingerprint density at radius 2 is 2.05 bits per heavy atom. The van der Waals surface area contributed by atoms with Gasteiger partial charge < -0.3 is 10.3 Å². The van der Waals surface area contributed by atoms with Gasteiger partial charge in [-0.15, -0.1) is 22.7 Å². The minimum Gasteiger partial charge on any atom is -0.340 e. The molecule has 3 aromatic rings. The van der Waals surface area contributed by atoms with Gasteiger partial charge in [0.05, 0.1) is 16.3 Å². The second-order valence-corrected chi connectivity index (χ2v) is 6.61. The molecular weight excluding hydrogens is 274 g/mol. The molecule has 0 spiro atoms. The zero-order chi connectivity index (χ0) is 12.7. The normalized spacial score (nSPS) is 14.5. The van der Waals surface area contributed by atoms with Gasteiger partial charge in [0, 0.05) is 29.3 Å². The Kier molecular flexibility index (Phi) is 2.76. The van der Waals surface area contributed by atoms with Gasteiger partial charge in [-0.2, -0.15) is 0 Å². The van der Waals surface area contributed by atoms with Gasteiger partial charge in [-0.05, 0) is 23.6 Å². The van der Waals surface area contributed by atoms with Crippen molar-refractivity contribution < 1.29 is 0 Å². The summed E-state index contributed by atoms with van der Waals surface area (Å²) in [6, 6.07) is 8.61. The third kappa shape index (κ3) is 2.04. The first-order chi connectivity index (χ1) is 9.40. The maximum atomic E-state index is 4.73. The summed E-state index contributed by atoms with van der Waals surface area (Å²) >= 11 is 3.59. The van der Waals surface area contributed by atoms with E-state index in [0.717, 1.165) is 25.3 Å². The van der Waals surface area contributed by atoms with Crippen LogP contribution in [0.4, 0.5) is 0 Å². The fourth-order valence-corrected chi connectivity index (χ4v) is 4.14. The van der Waals surface area contributed by atoms with E-state index >= 15 is 0 Å². The number of hydrogen-bond acceptors (Lipinski definition) is 4. The van der Waals surface area contributed by atoms with Gasteiger partial charge >= 0.3 is 0 Å². The van der Waals surface area contributed by atoms with E-state index in [1.54, 1.807) is 22.7 Å². The summed E-state index contributed by atoms with van der Waals surface area (Å²) in [6.45, 7) is 1.94. The smallest absolute Gasteiger partial charge is 0.147 e. The highest BCUT2D eigenvalue weighted by Crippen LogP contribution is 2.35. The minimum atomic E-state index is 0.908. The number of nitrogens with zero attached hydrogens (tertiary/aromatic N) is 1. The van der Waals surface area contributed by atoms with Gasteiger partial charge in [-0.25, -0.2) is 4.98 Å². The third-order valence-corrected chi connectivity index (χ3v) is 5.47. The van der Waals surface area contributed by atoms with Gasteiger partial charge in [0.25, 0.3) is 0 Å². The molecule has 0 bridgehead atoms. The lowest BCUT2D eigenvalue weighted by Crippen LogP contribution is -2.23. The lowest BCUT2D eigenvalue weighted by Gasteiger charge is -2.09. The molecule has 19 heavy (non-hydrogen) atoms. The highest BCUT2D eigenvalue weighted by atomic mass is 32.1. The minimum absolute atomic E-state index is 0.908. The van der Waals surface area contributed by atoms with Crippen molar-refractivity contribution in [3.05, 3.63) is 41.0 Å². The molecule has 2 N–H and O–H groups in total. The van der Waals surface area contributed by atoms with Crippen LogP contribution in [0.3, 0.4) is 0 Å². The number of H-pyrrole nitrogens is 1. The number of thiophene rings is 2. The molecule has 0 saturated carbocycles. The number of rotatable bonds is 2. The number of aromatic nitrogens is 2. The molecule has 0 amide bonds. The topological polar surface area (TPSA) is 40.7 Å². The second-order valence-electron chi connectivity index (χ2n) is 4.58. The predicted molar refractivity (Wildman–Crippen MR) is 80.6 cm³/mol. The zero-order valence-electron chi connectivity index (χ0n) is 10.3. The number of aromatic amines is 1. The molecule has 0 radical (unpaired) electrons. The zero-order valence-corrected chi connectivity index (χ0v) is 11.9. The quantitative estimate of drug-likeness (QED) is 0.757. The van der Waals surface area contributed by atoms with Crippen molar-refractivity contribution in [2.24, 2.45) is 0 Å². The number of fused-ring (bicyclic) bond motifs is 1. The summed E-state index contributed by atoms with van der Waals surface area (Å²) in [5.74, 6) is 1.02. The van der Waals surface area contributed by atoms with Crippen LogP contribution in [0.1, 0.15) is 11.4 Å². The fourth-order valence-electron chi connectivity index (χ4n) is 2.35. The van der Waals surface area contributed by atoms with Crippen molar-refractivity contribution in [3.63, 3.8) is 0 Å². The Morgan fingerprint density at radius 1 is 1.11 bits per heavy atom. The summed E-state index contributed by atoms with van der Waals surface area (Å²) in [7, 11) is 0. The fraction of sp³-hybridized carbons (Fsp3) is 0.214. The molecule has 0 aliphatic carbocycles. The second kappa shape index (κ2) is 4.59. The van der Waals surface area contributed by atoms with Crippen LogP contribution in [-0.2, 0) is 13.0 Å². The van der Waals surface area contributed by atoms with Gasteiger partial charge in [0.1, 0.15) is 5.82 Å². The van der Waals surface area contributed by atoms with Crippen molar-refractivity contribution in [1.29, 1.82) is 0 Å². The average Bonchev–Trinajstić information content (AvgIpc) is 3.17. The molecule has 4 rings (SSSR count). The van der Waals surface area contributed by atoms with Gasteiger partial charge in [0.15, 0.2) is 0 Å². The molecule has 4 heterocycles. The first-order valence-corrected chi connectivity index (χ1v) is 8.02. The van der Waals surface area contributed by atoms with E-state index in [1.807, 2.05) is 0 Å². The molecular formula is C14H13N3S2. The van der Waals surface area contributed by atoms with E-state index in [1.165, 1.54) is 26.0 Å². The lowest BCUT2D eigenvalue weighted by atomic mass is 10.2. The van der Waals surface area contributed by atoms with Crippen LogP contribution >= 0.6 is 22.7 Å². The summed E-state index contributed by atoms with van der Waals surface area (Å²) in [5.41, 5.74) is 2.46. The van der Waals surface area contributed by atoms with Crippen molar-refractivity contribution >= 4 is 22.7 Å². The lowest BCUT2D eigenvalue weighted by molar-refractivity contribution is 0.627. The van der Waals surface area contributed by atoms with E-state index in [4.69, 9.17) is 4.98 Å². The highest BCUT2D eigenvalue weighted by Gasteiger charge is 2.16. The van der Waals surface area contributed by atoms with E-state index < -0.39 is 0 Å². The van der Waals surface area contributed by atoms with Crippen molar-refractivity contribution in [1.82, 2.24) is 15.3 Å². The van der Waals surface area contributed by atoms with Gasteiger partial charge in [-0.3, -0.25) is 0 Å². The molecule has 0 saturated heterocycles. The summed E-state index contributed by atoms with van der Waals surface area (Å²) in [5, 5.41) is 5.48. The Bertz CT molecular complexity index is 671. The largest absolute Gasteiger partial charge is 0.340 e. The van der Waals surface area contributed by atoms with E-state index in [2.05, 4.69) is 39.9 Å². The van der Waals surface area contributed by atoms with E-state index in [9.17, 15) is 0 Å². The predicted octanol–water partition coefficient (Wildman–Crippen LogP) is 3.51. The molecule has 0 atom stereocenters. The number of hydrogen-bond donors (Lipinski definition) is 2. The maximum absolute atomic E-state index is 4.73. The average molecular weight is 287 g/mol. The molecule has 0 aromatic carbocycles. The Morgan fingerprint density at radius 3 is 2.89 bits per heavy atom. The first-order valence-electron chi connectivity index (χ1n) is 6.33. The molecule has 3 aromatic heterocycles. The van der Waals surface area contributed by atoms with Crippen LogP contribution in [0.2, 0.25) is 0 Å². The van der Waals surface area contributed by atoms with E-state index in [-0.39, 0.29) is 0 Å². The van der Waals surface area contributed by atoms with Gasteiger partial charge in [0.2, 0.25) is 0 Å². The third-order valence-electron chi connectivity index (χ3n) is 3.31. The standard InChI is InChI=1S/C14H13N3S2/c1-2-11(18-7-1)12-3-4-13(19-12)14-16-9-5-6-15-8-10(9)17-14/h1-4,7,15H,5-6,8H2,(H,16,17). The summed E-state index contributed by atoms with van der Waals surface area (Å²) in [6.07, 6.45) is 1.02. The molecule has 96 valence electrons. The molecule has 1 aliphatic rings. The summed E-state index contributed by atoms with van der Waals surface area (Å²) in [4.78, 5) is 12.0. The van der Waals surface area contributed by atoms with Crippen LogP contribution in [0.15, 0.2) is 29.6 Å². The van der Waals surface area contributed by atoms with Crippen molar-refractivity contribution in [2.45, 2.75) is 13.0 Å². The molecule has 5 heteroatoms. The monoisotopic (exact) mass is 287 g/mol. The Balaban J connectivity index is 1.71. The van der Waals surface area contributed by atoms with Crippen LogP contribution in [0.25, 0.3) is 20.5 Å². The number of imidazole rings is 1. The van der Waals surface area contributed by atoms with E-state index in [0.29, 0.717) is 0 Å². The molecule has 1 aliphatic heterocycles. The van der Waals surface area contributed by atoms with Gasteiger partial charge in [-0.1, -0.05) is 6.07 Å². The number of nitrogens with one attached hydrogen (secondary N) is 2. The highest BCUT2D eigenvalue weighted by molar-refractivity contribution is 7.23. The van der Waals surface area contributed by atoms with Crippen molar-refractivity contribution in [3.8, 4) is 20.5 Å². The maximum Gasteiger partial charge on any atom is 0.147 e. The Hall–Kier alpha value is -1.43. The van der Waals surface area contributed by atoms with Crippen LogP contribution < -0.4 is 5.32 Å². The van der Waals surface area contributed by atoms with Crippen LogP contribution in [0.5, 0.6) is 0 Å². The van der Waals surface area contributed by atoms with Crippen molar-refractivity contribution in [2.75, 3.05) is 6.54 Å². The SMILES string of the molecule is c1csc(-c2ccc(-c3nc4c([nH]3)CNCC4)s2)c1. The summed E-state index contributed by atoms with van der Waals surface area (Å²) < 4.78 is 0. The molecule has 0 fully saturated rings. The van der Waals surface area contributed by atoms with Crippen LogP contribution in [0, 0.1) is 0 Å². The molecule has 3 nitrogen and oxygen atoms in total. The Labute approximate surface area is 119 Å².